The lowest BCUT2D eigenvalue weighted by molar-refractivity contribution is 0.916. The second kappa shape index (κ2) is 5.19. The van der Waals surface area contributed by atoms with Crippen molar-refractivity contribution in [2.45, 2.75) is 6.54 Å². The fraction of sp³-hybridized carbons (Fsp3) is 0.143. The van der Waals surface area contributed by atoms with Crippen LogP contribution in [0, 0.1) is 11.3 Å². The molecule has 18 heavy (non-hydrogen) atoms. The van der Waals surface area contributed by atoms with Crippen molar-refractivity contribution < 1.29 is 0 Å². The first kappa shape index (κ1) is 11.9. The van der Waals surface area contributed by atoms with Gasteiger partial charge in [0.05, 0.1) is 17.4 Å². The summed E-state index contributed by atoms with van der Waals surface area (Å²) in [6.07, 6.45) is 3.32. The van der Waals surface area contributed by atoms with Crippen molar-refractivity contribution in [1.82, 2.24) is 4.98 Å². The predicted molar refractivity (Wildman–Crippen MR) is 71.9 cm³/mol. The number of anilines is 2. The van der Waals surface area contributed by atoms with E-state index in [1.807, 2.05) is 36.2 Å². The Labute approximate surface area is 106 Å². The quantitative estimate of drug-likeness (QED) is 0.832. The first-order valence-corrected chi connectivity index (χ1v) is 5.60. The van der Waals surface area contributed by atoms with Gasteiger partial charge < -0.3 is 10.6 Å². The van der Waals surface area contributed by atoms with Crippen molar-refractivity contribution in [1.29, 1.82) is 5.26 Å². The maximum atomic E-state index is 9.05. The molecule has 0 aliphatic carbocycles. The summed E-state index contributed by atoms with van der Waals surface area (Å²) in [4.78, 5) is 6.04. The number of rotatable bonds is 3. The lowest BCUT2D eigenvalue weighted by atomic mass is 10.1. The molecule has 0 unspecified atom stereocenters. The monoisotopic (exact) mass is 238 g/mol. The van der Waals surface area contributed by atoms with E-state index in [1.165, 1.54) is 0 Å². The summed E-state index contributed by atoms with van der Waals surface area (Å²) in [5, 5.41) is 9.05. The smallest absolute Gasteiger partial charge is 0.101 e. The van der Waals surface area contributed by atoms with Gasteiger partial charge in [-0.25, -0.2) is 0 Å². The minimum absolute atomic E-state index is 0.622. The zero-order valence-electron chi connectivity index (χ0n) is 10.2. The van der Waals surface area contributed by atoms with Crippen molar-refractivity contribution in [3.05, 3.63) is 53.9 Å². The second-order valence-corrected chi connectivity index (χ2v) is 4.11. The molecule has 0 saturated heterocycles. The Hall–Kier alpha value is -2.54. The summed E-state index contributed by atoms with van der Waals surface area (Å²) < 4.78 is 0. The van der Waals surface area contributed by atoms with Gasteiger partial charge in [-0.05, 0) is 23.8 Å². The van der Waals surface area contributed by atoms with Gasteiger partial charge in [0.1, 0.15) is 6.07 Å². The summed E-state index contributed by atoms with van der Waals surface area (Å²) >= 11 is 0. The highest BCUT2D eigenvalue weighted by Crippen LogP contribution is 2.19. The Morgan fingerprint density at radius 1 is 1.39 bits per heavy atom. The van der Waals surface area contributed by atoms with Crippen LogP contribution < -0.4 is 10.6 Å². The Morgan fingerprint density at radius 2 is 2.22 bits per heavy atom. The Kier molecular flexibility index (Phi) is 3.44. The van der Waals surface area contributed by atoms with E-state index in [0.717, 1.165) is 16.9 Å². The first-order chi connectivity index (χ1) is 8.70. The van der Waals surface area contributed by atoms with Crippen LogP contribution in [-0.4, -0.2) is 12.0 Å². The van der Waals surface area contributed by atoms with Crippen molar-refractivity contribution >= 4 is 11.4 Å². The van der Waals surface area contributed by atoms with Gasteiger partial charge in [0, 0.05) is 25.5 Å². The molecular formula is C14H14N4. The van der Waals surface area contributed by atoms with E-state index in [2.05, 4.69) is 11.1 Å². The number of hydrogen-bond acceptors (Lipinski definition) is 4. The van der Waals surface area contributed by atoms with Crippen molar-refractivity contribution in [2.75, 3.05) is 17.7 Å². The van der Waals surface area contributed by atoms with Crippen LogP contribution in [0.2, 0.25) is 0 Å². The average Bonchev–Trinajstić information content (AvgIpc) is 2.38. The van der Waals surface area contributed by atoms with Gasteiger partial charge in [-0.15, -0.1) is 0 Å². The number of nitriles is 1. The average molecular weight is 238 g/mol. The highest BCUT2D eigenvalue weighted by atomic mass is 15.1. The molecule has 0 amide bonds. The summed E-state index contributed by atoms with van der Waals surface area (Å²) in [5.74, 6) is 0. The first-order valence-electron chi connectivity index (χ1n) is 5.60. The topological polar surface area (TPSA) is 65.9 Å². The molecule has 1 aromatic heterocycles. The van der Waals surface area contributed by atoms with E-state index in [-0.39, 0.29) is 0 Å². The third-order valence-electron chi connectivity index (χ3n) is 2.70. The third kappa shape index (κ3) is 2.58. The van der Waals surface area contributed by atoms with E-state index in [0.29, 0.717) is 12.1 Å². The molecule has 4 heteroatoms. The second-order valence-electron chi connectivity index (χ2n) is 4.11. The molecule has 2 rings (SSSR count). The Morgan fingerprint density at radius 3 is 2.94 bits per heavy atom. The van der Waals surface area contributed by atoms with Gasteiger partial charge >= 0.3 is 0 Å². The van der Waals surface area contributed by atoms with Crippen LogP contribution in [0.25, 0.3) is 0 Å². The Balaban J connectivity index is 2.22. The molecule has 1 aromatic carbocycles. The van der Waals surface area contributed by atoms with Crippen LogP contribution in [0.4, 0.5) is 11.4 Å². The number of nitrogen functional groups attached to an aromatic ring is 1. The van der Waals surface area contributed by atoms with E-state index >= 15 is 0 Å². The molecule has 4 nitrogen and oxygen atoms in total. The number of aromatic nitrogens is 1. The summed E-state index contributed by atoms with van der Waals surface area (Å²) in [7, 11) is 1.93. The van der Waals surface area contributed by atoms with Gasteiger partial charge in [-0.1, -0.05) is 12.1 Å². The fourth-order valence-electron chi connectivity index (χ4n) is 1.84. The third-order valence-corrected chi connectivity index (χ3v) is 2.70. The molecule has 0 spiro atoms. The van der Waals surface area contributed by atoms with E-state index in [1.54, 1.807) is 18.5 Å². The van der Waals surface area contributed by atoms with Gasteiger partial charge in [-0.3, -0.25) is 4.98 Å². The van der Waals surface area contributed by atoms with Crippen LogP contribution >= 0.6 is 0 Å². The van der Waals surface area contributed by atoms with Gasteiger partial charge in [0.15, 0.2) is 0 Å². The van der Waals surface area contributed by atoms with Crippen LogP contribution in [0.3, 0.4) is 0 Å². The fourth-order valence-corrected chi connectivity index (χ4v) is 1.84. The highest BCUT2D eigenvalue weighted by molar-refractivity contribution is 5.57. The zero-order chi connectivity index (χ0) is 13.0. The number of benzene rings is 1. The van der Waals surface area contributed by atoms with Crippen LogP contribution in [0.15, 0.2) is 42.7 Å². The lowest BCUT2D eigenvalue weighted by Crippen LogP contribution is -2.17. The molecule has 1 heterocycles. The minimum Gasteiger partial charge on any atom is -0.399 e. The molecule has 0 atom stereocenters. The summed E-state index contributed by atoms with van der Waals surface area (Å²) in [6, 6.07) is 11.6. The van der Waals surface area contributed by atoms with Crippen molar-refractivity contribution in [3.8, 4) is 6.07 Å². The number of nitrogens with two attached hydrogens (primary N) is 1. The van der Waals surface area contributed by atoms with Crippen LogP contribution in [0.1, 0.15) is 11.1 Å². The lowest BCUT2D eigenvalue weighted by Gasteiger charge is -2.20. The molecule has 0 aliphatic rings. The number of nitrogens with zero attached hydrogens (tertiary/aromatic N) is 3. The number of hydrogen-bond donors (Lipinski definition) is 1. The standard InChI is InChI=1S/C14H14N4/c1-18(10-11-3-2-4-13(16)7-11)14-9-17-6-5-12(14)8-15/h2-7,9H,10,16H2,1H3. The van der Waals surface area contributed by atoms with Crippen molar-refractivity contribution in [2.24, 2.45) is 0 Å². The molecular weight excluding hydrogens is 224 g/mol. The van der Waals surface area contributed by atoms with Crippen LogP contribution in [0.5, 0.6) is 0 Å². The normalized spacial score (nSPS) is 9.78. The molecule has 0 saturated carbocycles. The van der Waals surface area contributed by atoms with E-state index < -0.39 is 0 Å². The van der Waals surface area contributed by atoms with Gasteiger partial charge in [-0.2, -0.15) is 5.26 Å². The maximum absolute atomic E-state index is 9.05. The SMILES string of the molecule is CN(Cc1cccc(N)c1)c1cnccc1C#N. The molecule has 2 N–H and O–H groups in total. The molecule has 90 valence electrons. The Bertz CT molecular complexity index is 586. The number of pyridine rings is 1. The van der Waals surface area contributed by atoms with Crippen molar-refractivity contribution in [3.63, 3.8) is 0 Å². The van der Waals surface area contributed by atoms with E-state index in [9.17, 15) is 0 Å². The highest BCUT2D eigenvalue weighted by Gasteiger charge is 2.07. The predicted octanol–water partition coefficient (Wildman–Crippen LogP) is 2.17. The maximum Gasteiger partial charge on any atom is 0.101 e. The minimum atomic E-state index is 0.622. The van der Waals surface area contributed by atoms with Gasteiger partial charge in [0.25, 0.3) is 0 Å². The molecule has 0 fully saturated rings. The largest absolute Gasteiger partial charge is 0.399 e. The van der Waals surface area contributed by atoms with E-state index in [4.69, 9.17) is 11.0 Å². The summed E-state index contributed by atoms with van der Waals surface area (Å²) in [6.45, 7) is 0.686. The van der Waals surface area contributed by atoms with Crippen LogP contribution in [-0.2, 0) is 6.54 Å². The molecule has 2 aromatic rings. The molecule has 0 aliphatic heterocycles. The molecule has 0 bridgehead atoms. The van der Waals surface area contributed by atoms with Gasteiger partial charge in [0.2, 0.25) is 0 Å². The summed E-state index contributed by atoms with van der Waals surface area (Å²) in [5.41, 5.74) is 9.03. The zero-order valence-corrected chi connectivity index (χ0v) is 10.2. The molecule has 0 radical (unpaired) electrons.